The predicted molar refractivity (Wildman–Crippen MR) is 90.4 cm³/mol. The zero-order chi connectivity index (χ0) is 16.0. The van der Waals surface area contributed by atoms with Gasteiger partial charge in [-0.05, 0) is 30.3 Å². The highest BCUT2D eigenvalue weighted by Crippen LogP contribution is 2.34. The molecule has 0 spiro atoms. The normalized spacial score (nSPS) is 15.0. The van der Waals surface area contributed by atoms with Gasteiger partial charge in [0.05, 0.1) is 16.6 Å². The van der Waals surface area contributed by atoms with Gasteiger partial charge in [-0.3, -0.25) is 9.59 Å². The number of anilines is 1. The van der Waals surface area contributed by atoms with Crippen molar-refractivity contribution in [2.45, 2.75) is 0 Å². The second-order valence-corrected chi connectivity index (χ2v) is 5.65. The van der Waals surface area contributed by atoms with Crippen LogP contribution < -0.4 is 10.7 Å². The first-order valence-corrected chi connectivity index (χ1v) is 7.35. The summed E-state index contributed by atoms with van der Waals surface area (Å²) in [5, 5.41) is 3.76. The lowest BCUT2D eigenvalue weighted by Gasteiger charge is -2.00. The molecule has 112 valence electrons. The zero-order valence-corrected chi connectivity index (χ0v) is 12.6. The number of para-hydroxylation sites is 1. The molecule has 0 saturated carbocycles. The molecule has 0 aliphatic carbocycles. The van der Waals surface area contributed by atoms with Gasteiger partial charge in [-0.2, -0.15) is 0 Å². The first-order valence-electron chi connectivity index (χ1n) is 6.97. The Bertz CT molecular complexity index is 1050. The third-order valence-corrected chi connectivity index (χ3v) is 4.01. The van der Waals surface area contributed by atoms with Gasteiger partial charge in [0, 0.05) is 16.2 Å². The highest BCUT2D eigenvalue weighted by atomic mass is 35.5. The van der Waals surface area contributed by atoms with Crippen LogP contribution in [0.4, 0.5) is 5.69 Å². The van der Waals surface area contributed by atoms with Crippen molar-refractivity contribution in [3.05, 3.63) is 75.1 Å². The summed E-state index contributed by atoms with van der Waals surface area (Å²) in [5.74, 6) is -0.269. The molecule has 0 bridgehead atoms. The van der Waals surface area contributed by atoms with Gasteiger partial charge in [0.1, 0.15) is 11.8 Å². The van der Waals surface area contributed by atoms with Crippen molar-refractivity contribution < 1.29 is 9.21 Å². The first-order chi connectivity index (χ1) is 11.1. The number of nitrogens with one attached hydrogen (secondary N) is 1. The monoisotopic (exact) mass is 323 g/mol. The SMILES string of the molecule is O=C1Nc2cc(Cl)ccc2C1=Cc1coc2ccccc2c1=O. The topological polar surface area (TPSA) is 59.3 Å². The van der Waals surface area contributed by atoms with Crippen LogP contribution in [0, 0.1) is 0 Å². The van der Waals surface area contributed by atoms with Crippen LogP contribution in [-0.2, 0) is 4.79 Å². The molecule has 1 aliphatic rings. The first kappa shape index (κ1) is 13.8. The smallest absolute Gasteiger partial charge is 0.256 e. The Morgan fingerprint density at radius 3 is 2.78 bits per heavy atom. The number of hydrogen-bond donors (Lipinski definition) is 1. The molecule has 0 radical (unpaired) electrons. The second kappa shape index (κ2) is 5.11. The molecule has 0 saturated heterocycles. The molecule has 1 N–H and O–H groups in total. The molecule has 0 atom stereocenters. The Kier molecular flexibility index (Phi) is 3.06. The van der Waals surface area contributed by atoms with Crippen LogP contribution in [0.2, 0.25) is 5.02 Å². The Morgan fingerprint density at radius 1 is 1.09 bits per heavy atom. The van der Waals surface area contributed by atoms with E-state index in [4.69, 9.17) is 16.0 Å². The summed E-state index contributed by atoms with van der Waals surface area (Å²) in [7, 11) is 0. The van der Waals surface area contributed by atoms with Gasteiger partial charge in [-0.1, -0.05) is 29.8 Å². The molecule has 23 heavy (non-hydrogen) atoms. The summed E-state index contributed by atoms with van der Waals surface area (Å²) in [5.41, 5.74) is 2.44. The maximum atomic E-state index is 12.5. The van der Waals surface area contributed by atoms with Gasteiger partial charge in [0.15, 0.2) is 5.43 Å². The van der Waals surface area contributed by atoms with Crippen molar-refractivity contribution in [1.29, 1.82) is 0 Å². The molecule has 2 aromatic carbocycles. The summed E-state index contributed by atoms with van der Waals surface area (Å²) in [4.78, 5) is 24.7. The average Bonchev–Trinajstić information content (AvgIpc) is 2.85. The second-order valence-electron chi connectivity index (χ2n) is 5.22. The third-order valence-electron chi connectivity index (χ3n) is 3.77. The molecule has 5 heteroatoms. The lowest BCUT2D eigenvalue weighted by atomic mass is 10.0. The molecule has 1 aliphatic heterocycles. The number of carbonyl (C=O) groups is 1. The van der Waals surface area contributed by atoms with Gasteiger partial charge >= 0.3 is 0 Å². The van der Waals surface area contributed by atoms with E-state index in [9.17, 15) is 9.59 Å². The van der Waals surface area contributed by atoms with Crippen LogP contribution in [0.25, 0.3) is 22.6 Å². The van der Waals surface area contributed by atoms with E-state index in [1.807, 2.05) is 0 Å². The van der Waals surface area contributed by atoms with Crippen LogP contribution in [0.1, 0.15) is 11.1 Å². The average molecular weight is 324 g/mol. The van der Waals surface area contributed by atoms with Crippen LogP contribution in [0.5, 0.6) is 0 Å². The molecule has 4 nitrogen and oxygen atoms in total. The van der Waals surface area contributed by atoms with Crippen LogP contribution >= 0.6 is 11.6 Å². The summed E-state index contributed by atoms with van der Waals surface area (Å²) in [6, 6.07) is 12.1. The highest BCUT2D eigenvalue weighted by Gasteiger charge is 2.24. The Hall–Kier alpha value is -2.85. The molecular weight excluding hydrogens is 314 g/mol. The van der Waals surface area contributed by atoms with Gasteiger partial charge in [-0.25, -0.2) is 0 Å². The van der Waals surface area contributed by atoms with Crippen molar-refractivity contribution in [3.63, 3.8) is 0 Å². The van der Waals surface area contributed by atoms with Crippen LogP contribution in [-0.4, -0.2) is 5.91 Å². The van der Waals surface area contributed by atoms with E-state index >= 15 is 0 Å². The van der Waals surface area contributed by atoms with Crippen molar-refractivity contribution in [2.24, 2.45) is 0 Å². The van der Waals surface area contributed by atoms with E-state index in [0.717, 1.165) is 0 Å². The number of benzene rings is 2. The van der Waals surface area contributed by atoms with Crippen molar-refractivity contribution in [1.82, 2.24) is 0 Å². The standard InChI is InChI=1S/C18H10ClNO3/c19-11-5-6-12-14(18(22)20-15(12)8-11)7-10-9-23-16-4-2-1-3-13(16)17(10)21/h1-9H,(H,20,22). The van der Waals surface area contributed by atoms with Gasteiger partial charge in [-0.15, -0.1) is 0 Å². The molecule has 1 aromatic heterocycles. The minimum atomic E-state index is -0.269. The summed E-state index contributed by atoms with van der Waals surface area (Å²) in [6.45, 7) is 0. The number of amides is 1. The zero-order valence-electron chi connectivity index (χ0n) is 11.8. The minimum absolute atomic E-state index is 0.172. The van der Waals surface area contributed by atoms with Crippen molar-refractivity contribution in [2.75, 3.05) is 5.32 Å². The van der Waals surface area contributed by atoms with Crippen molar-refractivity contribution in [3.8, 4) is 0 Å². The van der Waals surface area contributed by atoms with E-state index < -0.39 is 0 Å². The molecule has 2 heterocycles. The number of hydrogen-bond acceptors (Lipinski definition) is 3. The molecule has 1 amide bonds. The van der Waals surface area contributed by atoms with E-state index in [-0.39, 0.29) is 11.3 Å². The number of halogens is 1. The summed E-state index contributed by atoms with van der Waals surface area (Å²) < 4.78 is 5.48. The van der Waals surface area contributed by atoms with Gasteiger partial charge < -0.3 is 9.73 Å². The summed E-state index contributed by atoms with van der Waals surface area (Å²) in [6.07, 6.45) is 2.92. The third kappa shape index (κ3) is 2.24. The largest absolute Gasteiger partial charge is 0.463 e. The van der Waals surface area contributed by atoms with E-state index in [1.54, 1.807) is 48.5 Å². The fraction of sp³-hybridized carbons (Fsp3) is 0. The Labute approximate surface area is 136 Å². The number of carbonyl (C=O) groups excluding carboxylic acids is 1. The van der Waals surface area contributed by atoms with Gasteiger partial charge in [0.2, 0.25) is 0 Å². The minimum Gasteiger partial charge on any atom is -0.463 e. The summed E-state index contributed by atoms with van der Waals surface area (Å²) >= 11 is 5.93. The number of fused-ring (bicyclic) bond motifs is 2. The fourth-order valence-electron chi connectivity index (χ4n) is 2.66. The predicted octanol–water partition coefficient (Wildman–Crippen LogP) is 3.94. The van der Waals surface area contributed by atoms with E-state index in [0.29, 0.717) is 38.4 Å². The van der Waals surface area contributed by atoms with E-state index in [2.05, 4.69) is 5.32 Å². The molecule has 0 unspecified atom stereocenters. The van der Waals surface area contributed by atoms with Crippen molar-refractivity contribution >= 4 is 45.8 Å². The van der Waals surface area contributed by atoms with Crippen LogP contribution in [0.3, 0.4) is 0 Å². The lowest BCUT2D eigenvalue weighted by molar-refractivity contribution is -0.110. The maximum Gasteiger partial charge on any atom is 0.256 e. The number of rotatable bonds is 1. The quantitative estimate of drug-likeness (QED) is 0.690. The molecule has 0 fully saturated rings. The highest BCUT2D eigenvalue weighted by molar-refractivity contribution is 6.36. The lowest BCUT2D eigenvalue weighted by Crippen LogP contribution is -2.07. The molecule has 3 aromatic rings. The Balaban J connectivity index is 1.90. The van der Waals surface area contributed by atoms with Crippen LogP contribution in [0.15, 0.2) is 57.9 Å². The maximum absolute atomic E-state index is 12.5. The molecular formula is C18H10ClNO3. The van der Waals surface area contributed by atoms with E-state index in [1.165, 1.54) is 6.26 Å². The van der Waals surface area contributed by atoms with Gasteiger partial charge in [0.25, 0.3) is 5.91 Å². The molecule has 4 rings (SSSR count). The Morgan fingerprint density at radius 2 is 1.91 bits per heavy atom. The fourth-order valence-corrected chi connectivity index (χ4v) is 2.83.